The van der Waals surface area contributed by atoms with E-state index >= 15 is 0 Å². The van der Waals surface area contributed by atoms with E-state index in [-0.39, 0.29) is 11.9 Å². The normalized spacial score (nSPS) is 15.9. The molecule has 0 aliphatic carbocycles. The summed E-state index contributed by atoms with van der Waals surface area (Å²) < 4.78 is 0. The van der Waals surface area contributed by atoms with Crippen LogP contribution in [0.3, 0.4) is 0 Å². The number of fused-ring (bicyclic) bond motifs is 1. The molecule has 0 unspecified atom stereocenters. The van der Waals surface area contributed by atoms with E-state index in [0.29, 0.717) is 5.56 Å². The Balaban J connectivity index is 1.64. The minimum Gasteiger partial charge on any atom is -0.283 e. The van der Waals surface area contributed by atoms with Gasteiger partial charge < -0.3 is 0 Å². The average Bonchev–Trinajstić information content (AvgIpc) is 2.74. The third-order valence-electron chi connectivity index (χ3n) is 4.69. The summed E-state index contributed by atoms with van der Waals surface area (Å²) in [6, 6.07) is 27.3. The van der Waals surface area contributed by atoms with Gasteiger partial charge in [-0.2, -0.15) is 0 Å². The van der Waals surface area contributed by atoms with Gasteiger partial charge in [-0.05, 0) is 41.8 Å². The lowest BCUT2D eigenvalue weighted by molar-refractivity contribution is 0.0727. The molecule has 27 heavy (non-hydrogen) atoms. The molecular weight excluding hydrogens is 332 g/mol. The van der Waals surface area contributed by atoms with Crippen molar-refractivity contribution in [1.29, 1.82) is 0 Å². The standard InChI is InChI=1S/C24H20N2O/c27-24(21-12-5-2-6-13-21)25-26-18-17-20-11-7-8-14-22(20)23(26)16-15-19-9-3-1-4-10-19/h1-14,23H,17-18H2,(H,25,27)/t23-/m1/s1. The molecule has 1 amide bonds. The van der Waals surface area contributed by atoms with Gasteiger partial charge in [0.15, 0.2) is 0 Å². The molecule has 3 aromatic rings. The first-order valence-electron chi connectivity index (χ1n) is 9.08. The second-order valence-corrected chi connectivity index (χ2v) is 6.49. The van der Waals surface area contributed by atoms with Gasteiger partial charge >= 0.3 is 0 Å². The van der Waals surface area contributed by atoms with E-state index in [4.69, 9.17) is 0 Å². The lowest BCUT2D eigenvalue weighted by Gasteiger charge is -2.34. The number of carbonyl (C=O) groups is 1. The molecule has 1 aliphatic heterocycles. The Morgan fingerprint density at radius 3 is 2.33 bits per heavy atom. The highest BCUT2D eigenvalue weighted by Crippen LogP contribution is 2.28. The predicted octanol–water partition coefficient (Wildman–Crippen LogP) is 3.98. The van der Waals surface area contributed by atoms with Gasteiger partial charge in [0, 0.05) is 17.7 Å². The number of hydrogen-bond acceptors (Lipinski definition) is 2. The van der Waals surface area contributed by atoms with Crippen LogP contribution in [-0.4, -0.2) is 17.5 Å². The van der Waals surface area contributed by atoms with Crippen molar-refractivity contribution in [3.63, 3.8) is 0 Å². The molecule has 0 radical (unpaired) electrons. The number of hydrogen-bond donors (Lipinski definition) is 1. The maximum Gasteiger partial charge on any atom is 0.265 e. The minimum atomic E-state index is -0.178. The van der Waals surface area contributed by atoms with E-state index < -0.39 is 0 Å². The number of rotatable bonds is 2. The zero-order valence-corrected chi connectivity index (χ0v) is 14.9. The van der Waals surface area contributed by atoms with Crippen LogP contribution in [0.15, 0.2) is 84.9 Å². The average molecular weight is 352 g/mol. The Hall–Kier alpha value is -3.35. The van der Waals surface area contributed by atoms with Crippen molar-refractivity contribution in [1.82, 2.24) is 10.4 Å². The van der Waals surface area contributed by atoms with E-state index in [1.807, 2.05) is 71.7 Å². The molecule has 132 valence electrons. The molecule has 0 saturated heterocycles. The highest BCUT2D eigenvalue weighted by Gasteiger charge is 2.27. The number of nitrogens with one attached hydrogen (secondary N) is 1. The molecule has 0 bridgehead atoms. The fourth-order valence-electron chi connectivity index (χ4n) is 3.30. The SMILES string of the molecule is O=C(NN1CCc2ccccc2[C@H]1C#Cc1ccccc1)c1ccccc1. The van der Waals surface area contributed by atoms with Crippen LogP contribution in [0.4, 0.5) is 0 Å². The van der Waals surface area contributed by atoms with Gasteiger partial charge in [0.05, 0.1) is 0 Å². The van der Waals surface area contributed by atoms with Gasteiger partial charge in [0.25, 0.3) is 5.91 Å². The van der Waals surface area contributed by atoms with Gasteiger partial charge in [0.2, 0.25) is 0 Å². The second-order valence-electron chi connectivity index (χ2n) is 6.49. The van der Waals surface area contributed by atoms with E-state index in [9.17, 15) is 4.79 Å². The van der Waals surface area contributed by atoms with Crippen LogP contribution in [0.1, 0.15) is 33.1 Å². The van der Waals surface area contributed by atoms with Gasteiger partial charge in [-0.25, -0.2) is 5.01 Å². The molecule has 3 nitrogen and oxygen atoms in total. The first kappa shape index (κ1) is 17.1. The van der Waals surface area contributed by atoms with Crippen molar-refractivity contribution in [2.75, 3.05) is 6.54 Å². The fourth-order valence-corrected chi connectivity index (χ4v) is 3.30. The Morgan fingerprint density at radius 1 is 0.889 bits per heavy atom. The fraction of sp³-hybridized carbons (Fsp3) is 0.125. The van der Waals surface area contributed by atoms with Crippen LogP contribution in [0.5, 0.6) is 0 Å². The van der Waals surface area contributed by atoms with Crippen molar-refractivity contribution in [2.45, 2.75) is 12.5 Å². The molecule has 1 atom stereocenters. The maximum absolute atomic E-state index is 12.6. The van der Waals surface area contributed by atoms with E-state index in [0.717, 1.165) is 24.1 Å². The molecular formula is C24H20N2O. The van der Waals surface area contributed by atoms with Gasteiger partial charge in [0.1, 0.15) is 6.04 Å². The molecule has 0 saturated carbocycles. The second kappa shape index (κ2) is 7.90. The van der Waals surface area contributed by atoms with Crippen LogP contribution < -0.4 is 5.43 Å². The monoisotopic (exact) mass is 352 g/mol. The number of benzene rings is 3. The number of amides is 1. The summed E-state index contributed by atoms with van der Waals surface area (Å²) in [7, 11) is 0. The topological polar surface area (TPSA) is 32.3 Å². The predicted molar refractivity (Wildman–Crippen MR) is 107 cm³/mol. The smallest absolute Gasteiger partial charge is 0.265 e. The summed E-state index contributed by atoms with van der Waals surface area (Å²) in [4.78, 5) is 12.6. The summed E-state index contributed by atoms with van der Waals surface area (Å²) >= 11 is 0. The van der Waals surface area contributed by atoms with Crippen molar-refractivity contribution >= 4 is 5.91 Å². The summed E-state index contributed by atoms with van der Waals surface area (Å²) in [6.07, 6.45) is 0.884. The molecule has 0 aromatic heterocycles. The molecule has 0 spiro atoms. The third-order valence-corrected chi connectivity index (χ3v) is 4.69. The van der Waals surface area contributed by atoms with Gasteiger partial charge in [-0.1, -0.05) is 72.5 Å². The van der Waals surface area contributed by atoms with Crippen molar-refractivity contribution < 1.29 is 4.79 Å². The van der Waals surface area contributed by atoms with Crippen molar-refractivity contribution in [3.8, 4) is 11.8 Å². The lowest BCUT2D eigenvalue weighted by atomic mass is 9.94. The largest absolute Gasteiger partial charge is 0.283 e. The summed E-state index contributed by atoms with van der Waals surface area (Å²) in [5, 5.41) is 1.95. The molecule has 0 fully saturated rings. The highest BCUT2D eigenvalue weighted by atomic mass is 16.2. The quantitative estimate of drug-likeness (QED) is 0.708. The first-order valence-corrected chi connectivity index (χ1v) is 9.08. The number of hydrazine groups is 1. The van der Waals surface area contributed by atoms with Crippen LogP contribution in [0.25, 0.3) is 0 Å². The summed E-state index contributed by atoms with van der Waals surface area (Å²) in [5.74, 6) is 6.51. The highest BCUT2D eigenvalue weighted by molar-refractivity contribution is 5.93. The maximum atomic E-state index is 12.6. The van der Waals surface area contributed by atoms with Gasteiger partial charge in [-0.3, -0.25) is 10.2 Å². The van der Waals surface area contributed by atoms with Crippen LogP contribution in [0, 0.1) is 11.8 Å². The van der Waals surface area contributed by atoms with E-state index in [2.05, 4.69) is 35.5 Å². The minimum absolute atomic E-state index is 0.110. The van der Waals surface area contributed by atoms with Crippen LogP contribution in [0.2, 0.25) is 0 Å². The summed E-state index contributed by atoms with van der Waals surface area (Å²) in [6.45, 7) is 0.726. The van der Waals surface area contributed by atoms with E-state index in [1.165, 1.54) is 5.56 Å². The zero-order valence-electron chi connectivity index (χ0n) is 14.9. The Kier molecular flexibility index (Phi) is 5.00. The first-order chi connectivity index (χ1) is 13.3. The third kappa shape index (κ3) is 3.92. The zero-order chi connectivity index (χ0) is 18.5. The van der Waals surface area contributed by atoms with Crippen LogP contribution in [-0.2, 0) is 6.42 Å². The Labute approximate surface area is 159 Å². The summed E-state index contributed by atoms with van der Waals surface area (Å²) in [5.41, 5.74) is 7.11. The number of carbonyl (C=O) groups excluding carboxylic acids is 1. The van der Waals surface area contributed by atoms with Crippen LogP contribution >= 0.6 is 0 Å². The Bertz CT molecular complexity index is 987. The number of nitrogens with zero attached hydrogens (tertiary/aromatic N) is 1. The molecule has 1 heterocycles. The lowest BCUT2D eigenvalue weighted by Crippen LogP contribution is -2.47. The van der Waals surface area contributed by atoms with Gasteiger partial charge in [-0.15, -0.1) is 0 Å². The molecule has 3 aromatic carbocycles. The Morgan fingerprint density at radius 2 is 1.56 bits per heavy atom. The molecule has 4 rings (SSSR count). The molecule has 3 heteroatoms. The molecule has 1 N–H and O–H groups in total. The van der Waals surface area contributed by atoms with E-state index in [1.54, 1.807) is 0 Å². The van der Waals surface area contributed by atoms with Crippen molar-refractivity contribution in [3.05, 3.63) is 107 Å². The molecule has 1 aliphatic rings. The van der Waals surface area contributed by atoms with Crippen molar-refractivity contribution in [2.24, 2.45) is 0 Å².